The van der Waals surface area contributed by atoms with E-state index in [1.165, 1.54) is 0 Å². The molecule has 0 fully saturated rings. The zero-order valence-electron chi connectivity index (χ0n) is 6.83. The van der Waals surface area contributed by atoms with Crippen molar-refractivity contribution in [3.05, 3.63) is 0 Å². The van der Waals surface area contributed by atoms with Crippen molar-refractivity contribution in [3.8, 4) is 12.3 Å². The Balaban J connectivity index is 3.64. The van der Waals surface area contributed by atoms with Crippen molar-refractivity contribution in [3.63, 3.8) is 0 Å². The first kappa shape index (κ1) is 9.48. The molecule has 2 nitrogen and oxygen atoms in total. The fourth-order valence-electron chi connectivity index (χ4n) is 0.702. The Labute approximate surface area is 62.8 Å². The van der Waals surface area contributed by atoms with Crippen LogP contribution in [0.5, 0.6) is 0 Å². The van der Waals surface area contributed by atoms with Gasteiger partial charge in [-0.2, -0.15) is 0 Å². The first-order valence-electron chi connectivity index (χ1n) is 3.42. The van der Waals surface area contributed by atoms with Crippen LogP contribution in [0.15, 0.2) is 0 Å². The predicted molar refractivity (Wildman–Crippen MR) is 42.6 cm³/mol. The lowest BCUT2D eigenvalue weighted by atomic mass is 10.3. The average Bonchev–Trinajstić information content (AvgIpc) is 1.85. The summed E-state index contributed by atoms with van der Waals surface area (Å²) in [6.07, 6.45) is 4.87. The molecule has 0 heterocycles. The number of aliphatic hydroxyl groups is 1. The molecule has 0 aliphatic heterocycles. The Kier molecular flexibility index (Phi) is 4.10. The molecule has 0 aromatic rings. The molecule has 1 N–H and O–H groups in total. The zero-order chi connectivity index (χ0) is 8.15. The number of terminal acetylenes is 1. The van der Waals surface area contributed by atoms with Crippen LogP contribution in [-0.2, 0) is 0 Å². The topological polar surface area (TPSA) is 23.5 Å². The van der Waals surface area contributed by atoms with E-state index >= 15 is 0 Å². The Hall–Kier alpha value is -0.520. The van der Waals surface area contributed by atoms with Crippen LogP contribution in [0.25, 0.3) is 0 Å². The molecular formula is C8H15NO. The number of hydrogen-bond donors (Lipinski definition) is 1. The van der Waals surface area contributed by atoms with Gasteiger partial charge < -0.3 is 5.11 Å². The number of likely N-dealkylation sites (N-methyl/N-ethyl adjacent to an activating group) is 1. The van der Waals surface area contributed by atoms with Gasteiger partial charge in [0.1, 0.15) is 0 Å². The van der Waals surface area contributed by atoms with Crippen LogP contribution in [0.4, 0.5) is 0 Å². The van der Waals surface area contributed by atoms with E-state index in [0.29, 0.717) is 6.54 Å². The molecule has 0 aliphatic carbocycles. The Morgan fingerprint density at radius 2 is 2.10 bits per heavy atom. The van der Waals surface area contributed by atoms with Crippen molar-refractivity contribution in [2.75, 3.05) is 13.6 Å². The monoisotopic (exact) mass is 141 g/mol. The van der Waals surface area contributed by atoms with Gasteiger partial charge in [0.25, 0.3) is 0 Å². The lowest BCUT2D eigenvalue weighted by Crippen LogP contribution is -2.33. The molecule has 0 saturated carbocycles. The minimum Gasteiger partial charge on any atom is -0.392 e. The first-order valence-corrected chi connectivity index (χ1v) is 3.42. The lowest BCUT2D eigenvalue weighted by Gasteiger charge is -2.21. The van der Waals surface area contributed by atoms with Crippen LogP contribution >= 0.6 is 0 Å². The van der Waals surface area contributed by atoms with E-state index in [9.17, 15) is 0 Å². The quantitative estimate of drug-likeness (QED) is 0.572. The molecule has 0 amide bonds. The van der Waals surface area contributed by atoms with Crippen LogP contribution < -0.4 is 0 Å². The molecule has 0 spiro atoms. The van der Waals surface area contributed by atoms with Crippen molar-refractivity contribution in [2.45, 2.75) is 26.0 Å². The second-order valence-corrected chi connectivity index (χ2v) is 2.63. The molecule has 2 atom stereocenters. The average molecular weight is 141 g/mol. The van der Waals surface area contributed by atoms with E-state index in [4.69, 9.17) is 11.5 Å². The lowest BCUT2D eigenvalue weighted by molar-refractivity contribution is 0.133. The predicted octanol–water partition coefficient (Wildman–Crippen LogP) is 0.321. The highest BCUT2D eigenvalue weighted by molar-refractivity contribution is 4.96. The normalized spacial score (nSPS) is 16.4. The van der Waals surface area contributed by atoms with Crippen LogP contribution in [0.1, 0.15) is 13.8 Å². The van der Waals surface area contributed by atoms with E-state index in [1.807, 2.05) is 18.9 Å². The van der Waals surface area contributed by atoms with E-state index in [-0.39, 0.29) is 12.1 Å². The van der Waals surface area contributed by atoms with E-state index in [0.717, 1.165) is 0 Å². The van der Waals surface area contributed by atoms with Crippen LogP contribution in [0.2, 0.25) is 0 Å². The van der Waals surface area contributed by atoms with Gasteiger partial charge in [-0.05, 0) is 20.9 Å². The molecule has 0 aromatic heterocycles. The minimum atomic E-state index is -0.305. The molecule has 0 saturated heterocycles. The van der Waals surface area contributed by atoms with Gasteiger partial charge in [0, 0.05) is 6.54 Å². The van der Waals surface area contributed by atoms with Crippen molar-refractivity contribution in [2.24, 2.45) is 0 Å². The van der Waals surface area contributed by atoms with Crippen LogP contribution in [0, 0.1) is 12.3 Å². The summed E-state index contributed by atoms with van der Waals surface area (Å²) in [6.45, 7) is 4.31. The summed E-state index contributed by atoms with van der Waals surface area (Å²) < 4.78 is 0. The SMILES string of the molecule is C#CC(C)N(C)CC(C)O. The standard InChI is InChI=1S/C8H15NO/c1-5-7(2)9(4)6-8(3)10/h1,7-8,10H,6H2,2-4H3. The van der Waals surface area contributed by atoms with Crippen molar-refractivity contribution < 1.29 is 5.11 Å². The summed E-state index contributed by atoms with van der Waals surface area (Å²) in [4.78, 5) is 1.94. The largest absolute Gasteiger partial charge is 0.392 e. The van der Waals surface area contributed by atoms with Gasteiger partial charge in [0.05, 0.1) is 12.1 Å². The fourth-order valence-corrected chi connectivity index (χ4v) is 0.702. The number of aliphatic hydroxyl groups excluding tert-OH is 1. The Morgan fingerprint density at radius 3 is 2.40 bits per heavy atom. The summed E-state index contributed by atoms with van der Waals surface area (Å²) in [7, 11) is 1.90. The smallest absolute Gasteiger partial charge is 0.0681 e. The van der Waals surface area contributed by atoms with Crippen molar-refractivity contribution in [1.29, 1.82) is 0 Å². The molecule has 58 valence electrons. The highest BCUT2D eigenvalue weighted by Gasteiger charge is 2.06. The van der Waals surface area contributed by atoms with Gasteiger partial charge in [-0.25, -0.2) is 0 Å². The van der Waals surface area contributed by atoms with Crippen LogP contribution in [-0.4, -0.2) is 35.7 Å². The molecular weight excluding hydrogens is 126 g/mol. The second kappa shape index (κ2) is 4.32. The third-order valence-electron chi connectivity index (χ3n) is 1.45. The number of hydrogen-bond acceptors (Lipinski definition) is 2. The first-order chi connectivity index (χ1) is 4.57. The summed E-state index contributed by atoms with van der Waals surface area (Å²) >= 11 is 0. The molecule has 2 heteroatoms. The molecule has 2 unspecified atom stereocenters. The maximum Gasteiger partial charge on any atom is 0.0681 e. The highest BCUT2D eigenvalue weighted by atomic mass is 16.3. The third kappa shape index (κ3) is 3.49. The molecule has 0 bridgehead atoms. The van der Waals surface area contributed by atoms with E-state index in [1.54, 1.807) is 6.92 Å². The van der Waals surface area contributed by atoms with Gasteiger partial charge in [0.15, 0.2) is 0 Å². The second-order valence-electron chi connectivity index (χ2n) is 2.63. The summed E-state index contributed by atoms with van der Waals surface area (Å²) in [5, 5.41) is 8.96. The summed E-state index contributed by atoms with van der Waals surface area (Å²) in [6, 6.07) is 0.106. The number of rotatable bonds is 3. The zero-order valence-corrected chi connectivity index (χ0v) is 6.83. The molecule has 0 aromatic carbocycles. The number of nitrogens with zero attached hydrogens (tertiary/aromatic N) is 1. The van der Waals surface area contributed by atoms with Crippen molar-refractivity contribution in [1.82, 2.24) is 4.90 Å². The van der Waals surface area contributed by atoms with E-state index < -0.39 is 0 Å². The molecule has 10 heavy (non-hydrogen) atoms. The summed E-state index contributed by atoms with van der Waals surface area (Å²) in [5.74, 6) is 2.58. The fraction of sp³-hybridized carbons (Fsp3) is 0.750. The van der Waals surface area contributed by atoms with Crippen molar-refractivity contribution >= 4 is 0 Å². The molecule has 0 rings (SSSR count). The van der Waals surface area contributed by atoms with Gasteiger partial charge in [-0.1, -0.05) is 5.92 Å². The summed E-state index contributed by atoms with van der Waals surface area (Å²) in [5.41, 5.74) is 0. The maximum atomic E-state index is 8.96. The molecule has 0 aliphatic rings. The maximum absolute atomic E-state index is 8.96. The Bertz CT molecular complexity index is 126. The highest BCUT2D eigenvalue weighted by Crippen LogP contribution is 1.94. The van der Waals surface area contributed by atoms with E-state index in [2.05, 4.69) is 5.92 Å². The third-order valence-corrected chi connectivity index (χ3v) is 1.45. The molecule has 0 radical (unpaired) electrons. The van der Waals surface area contributed by atoms with Gasteiger partial charge in [0.2, 0.25) is 0 Å². The van der Waals surface area contributed by atoms with Gasteiger partial charge in [-0.3, -0.25) is 4.90 Å². The Morgan fingerprint density at radius 1 is 1.60 bits per heavy atom. The van der Waals surface area contributed by atoms with Gasteiger partial charge in [-0.15, -0.1) is 6.42 Å². The minimum absolute atomic E-state index is 0.106. The van der Waals surface area contributed by atoms with Crippen LogP contribution in [0.3, 0.4) is 0 Å². The van der Waals surface area contributed by atoms with Gasteiger partial charge >= 0.3 is 0 Å².